The van der Waals surface area contributed by atoms with Crippen molar-refractivity contribution in [3.05, 3.63) is 23.8 Å². The van der Waals surface area contributed by atoms with Gasteiger partial charge in [-0.1, -0.05) is 19.1 Å². The van der Waals surface area contributed by atoms with Gasteiger partial charge in [-0.15, -0.1) is 0 Å². The van der Waals surface area contributed by atoms with E-state index in [-0.39, 0.29) is 23.9 Å². The number of aliphatic hydroxyl groups is 1. The zero-order valence-electron chi connectivity index (χ0n) is 11.2. The van der Waals surface area contributed by atoms with Crippen molar-refractivity contribution in [2.45, 2.75) is 51.7 Å². The first kappa shape index (κ1) is 13.3. The summed E-state index contributed by atoms with van der Waals surface area (Å²) in [6.45, 7) is 7.92. The fraction of sp³-hybridized carbons (Fsp3) is 0.667. The quantitative estimate of drug-likeness (QED) is 0.531. The van der Waals surface area contributed by atoms with E-state index in [0.29, 0.717) is 6.42 Å². The molecule has 100 valence electrons. The second kappa shape index (κ2) is 5.27. The maximum Gasteiger partial charge on any atom is 0.309 e. The molecule has 0 unspecified atom stereocenters. The van der Waals surface area contributed by atoms with E-state index in [1.807, 2.05) is 13.8 Å². The molecule has 0 bridgehead atoms. The van der Waals surface area contributed by atoms with Gasteiger partial charge in [0.15, 0.2) is 0 Å². The van der Waals surface area contributed by atoms with E-state index in [0.717, 1.165) is 24.8 Å². The minimum atomic E-state index is -0.418. The van der Waals surface area contributed by atoms with E-state index in [1.165, 1.54) is 5.57 Å². The van der Waals surface area contributed by atoms with E-state index >= 15 is 0 Å². The minimum absolute atomic E-state index is 0.0524. The number of allylic oxidation sites excluding steroid dienone is 1. The van der Waals surface area contributed by atoms with Crippen molar-refractivity contribution in [1.29, 1.82) is 0 Å². The van der Waals surface area contributed by atoms with Crippen LogP contribution in [0.15, 0.2) is 23.8 Å². The van der Waals surface area contributed by atoms with Crippen LogP contribution in [0.5, 0.6) is 0 Å². The van der Waals surface area contributed by atoms with Crippen molar-refractivity contribution in [2.24, 2.45) is 11.8 Å². The van der Waals surface area contributed by atoms with Gasteiger partial charge in [0.2, 0.25) is 0 Å². The van der Waals surface area contributed by atoms with Gasteiger partial charge in [0.05, 0.1) is 12.0 Å². The van der Waals surface area contributed by atoms with Crippen molar-refractivity contribution in [2.75, 3.05) is 0 Å². The SMILES string of the molecule is C=C1CC[C@@H]2[C@H](/C=C(\C)CC[C@@H]1O)OC(=O)[C@H]2C. The summed E-state index contributed by atoms with van der Waals surface area (Å²) in [5, 5.41) is 9.95. The highest BCUT2D eigenvalue weighted by molar-refractivity contribution is 5.75. The molecule has 1 N–H and O–H groups in total. The number of ether oxygens (including phenoxy) is 1. The molecule has 0 aromatic heterocycles. The van der Waals surface area contributed by atoms with E-state index in [4.69, 9.17) is 4.74 Å². The van der Waals surface area contributed by atoms with Crippen LogP contribution in [0.1, 0.15) is 39.5 Å². The molecule has 3 heteroatoms. The Morgan fingerprint density at radius 2 is 2.11 bits per heavy atom. The second-order valence-corrected chi connectivity index (χ2v) is 5.62. The number of rotatable bonds is 0. The number of fused-ring (bicyclic) bond motifs is 1. The Kier molecular flexibility index (Phi) is 3.91. The van der Waals surface area contributed by atoms with Crippen LogP contribution < -0.4 is 0 Å². The predicted octanol–water partition coefficient (Wildman–Crippen LogP) is 2.60. The summed E-state index contributed by atoms with van der Waals surface area (Å²) < 4.78 is 5.43. The number of hydrogen-bond acceptors (Lipinski definition) is 3. The zero-order chi connectivity index (χ0) is 13.3. The summed E-state index contributed by atoms with van der Waals surface area (Å²) in [4.78, 5) is 11.7. The van der Waals surface area contributed by atoms with Crippen LogP contribution in [0.2, 0.25) is 0 Å². The average molecular weight is 250 g/mol. The molecule has 0 aromatic rings. The van der Waals surface area contributed by atoms with Crippen molar-refractivity contribution < 1.29 is 14.6 Å². The van der Waals surface area contributed by atoms with Crippen LogP contribution >= 0.6 is 0 Å². The molecule has 0 amide bonds. The number of hydrogen-bond donors (Lipinski definition) is 1. The van der Waals surface area contributed by atoms with E-state index in [2.05, 4.69) is 12.7 Å². The van der Waals surface area contributed by atoms with Crippen molar-refractivity contribution in [3.8, 4) is 0 Å². The monoisotopic (exact) mass is 250 g/mol. The largest absolute Gasteiger partial charge is 0.458 e. The summed E-state index contributed by atoms with van der Waals surface area (Å²) >= 11 is 0. The molecule has 1 aliphatic heterocycles. The summed E-state index contributed by atoms with van der Waals surface area (Å²) in [7, 11) is 0. The van der Waals surface area contributed by atoms with Gasteiger partial charge in [0.1, 0.15) is 6.10 Å². The van der Waals surface area contributed by atoms with Gasteiger partial charge >= 0.3 is 5.97 Å². The number of esters is 1. The highest BCUT2D eigenvalue weighted by Gasteiger charge is 2.40. The van der Waals surface area contributed by atoms with E-state index in [9.17, 15) is 9.90 Å². The standard InChI is InChI=1S/C15H22O3/c1-9-4-7-13(16)10(2)5-6-12-11(3)15(17)18-14(12)8-9/h8,11-14,16H,2,4-7H2,1,3H3/b9-8+/t11-,12-,13-,14-/m0/s1. The summed E-state index contributed by atoms with van der Waals surface area (Å²) in [5.74, 6) is 0.0670. The van der Waals surface area contributed by atoms with Gasteiger partial charge in [-0.2, -0.15) is 0 Å². The van der Waals surface area contributed by atoms with Crippen LogP contribution in [0.4, 0.5) is 0 Å². The molecular formula is C15H22O3. The van der Waals surface area contributed by atoms with E-state index < -0.39 is 6.10 Å². The molecule has 0 saturated carbocycles. The van der Waals surface area contributed by atoms with E-state index in [1.54, 1.807) is 0 Å². The molecule has 2 rings (SSSR count). The van der Waals surface area contributed by atoms with Crippen molar-refractivity contribution in [1.82, 2.24) is 0 Å². The Morgan fingerprint density at radius 1 is 1.39 bits per heavy atom. The van der Waals surface area contributed by atoms with Gasteiger partial charge in [0.25, 0.3) is 0 Å². The predicted molar refractivity (Wildman–Crippen MR) is 69.9 cm³/mol. The van der Waals surface area contributed by atoms with Crippen molar-refractivity contribution in [3.63, 3.8) is 0 Å². The molecule has 0 spiro atoms. The molecule has 1 aliphatic carbocycles. The number of aliphatic hydroxyl groups excluding tert-OH is 1. The molecule has 18 heavy (non-hydrogen) atoms. The second-order valence-electron chi connectivity index (χ2n) is 5.62. The normalized spacial score (nSPS) is 40.7. The third kappa shape index (κ3) is 2.66. The molecule has 1 saturated heterocycles. The van der Waals surface area contributed by atoms with Crippen LogP contribution in [0.25, 0.3) is 0 Å². The Labute approximate surface area is 109 Å². The van der Waals surface area contributed by atoms with Gasteiger partial charge < -0.3 is 9.84 Å². The van der Waals surface area contributed by atoms with Gasteiger partial charge in [-0.25, -0.2) is 0 Å². The molecule has 1 fully saturated rings. The molecule has 4 atom stereocenters. The number of carbonyl (C=O) groups is 1. The zero-order valence-corrected chi connectivity index (χ0v) is 11.2. The fourth-order valence-corrected chi connectivity index (χ4v) is 2.81. The van der Waals surface area contributed by atoms with Crippen LogP contribution in [-0.2, 0) is 9.53 Å². The molecule has 0 aromatic carbocycles. The highest BCUT2D eigenvalue weighted by atomic mass is 16.6. The summed E-state index contributed by atoms with van der Waals surface area (Å²) in [5.41, 5.74) is 2.07. The third-order valence-electron chi connectivity index (χ3n) is 4.22. The average Bonchev–Trinajstić information content (AvgIpc) is 2.58. The molecular weight excluding hydrogens is 228 g/mol. The molecule has 1 heterocycles. The lowest BCUT2D eigenvalue weighted by Gasteiger charge is -2.22. The maximum atomic E-state index is 11.7. The summed E-state index contributed by atoms with van der Waals surface area (Å²) in [6.07, 6.45) is 4.73. The van der Waals surface area contributed by atoms with Crippen LogP contribution in [0, 0.1) is 11.8 Å². The van der Waals surface area contributed by atoms with Gasteiger partial charge in [-0.05, 0) is 44.3 Å². The van der Waals surface area contributed by atoms with Crippen LogP contribution in [0.3, 0.4) is 0 Å². The number of carbonyl (C=O) groups excluding carboxylic acids is 1. The Balaban J connectivity index is 2.21. The lowest BCUT2D eigenvalue weighted by Crippen LogP contribution is -2.21. The molecule has 3 nitrogen and oxygen atoms in total. The highest BCUT2D eigenvalue weighted by Crippen LogP contribution is 2.35. The topological polar surface area (TPSA) is 46.5 Å². The third-order valence-corrected chi connectivity index (χ3v) is 4.22. The first-order chi connectivity index (χ1) is 8.49. The lowest BCUT2D eigenvalue weighted by molar-refractivity contribution is -0.142. The maximum absolute atomic E-state index is 11.7. The first-order valence-corrected chi connectivity index (χ1v) is 6.72. The molecule has 2 aliphatic rings. The van der Waals surface area contributed by atoms with Gasteiger partial charge in [-0.3, -0.25) is 4.79 Å². The fourth-order valence-electron chi connectivity index (χ4n) is 2.81. The first-order valence-electron chi connectivity index (χ1n) is 6.72. The lowest BCUT2D eigenvalue weighted by atomic mass is 9.83. The molecule has 0 radical (unpaired) electrons. The summed E-state index contributed by atoms with van der Waals surface area (Å²) in [6, 6.07) is 0. The van der Waals surface area contributed by atoms with Crippen LogP contribution in [-0.4, -0.2) is 23.3 Å². The minimum Gasteiger partial charge on any atom is -0.458 e. The smallest absolute Gasteiger partial charge is 0.309 e. The Bertz CT molecular complexity index is 383. The Morgan fingerprint density at radius 3 is 2.83 bits per heavy atom. The van der Waals surface area contributed by atoms with Gasteiger partial charge in [0, 0.05) is 5.92 Å². The van der Waals surface area contributed by atoms with Crippen molar-refractivity contribution >= 4 is 5.97 Å². The Hall–Kier alpha value is -1.09.